The van der Waals surface area contributed by atoms with E-state index in [0.29, 0.717) is 17.1 Å². The van der Waals surface area contributed by atoms with Crippen molar-refractivity contribution < 1.29 is 9.53 Å². The van der Waals surface area contributed by atoms with Gasteiger partial charge in [-0.05, 0) is 62.1 Å². The van der Waals surface area contributed by atoms with Crippen molar-refractivity contribution in [1.29, 1.82) is 0 Å². The monoisotopic (exact) mass is 331 g/mol. The van der Waals surface area contributed by atoms with Crippen molar-refractivity contribution in [3.05, 3.63) is 58.1 Å². The molecule has 1 N–H and O–H groups in total. The summed E-state index contributed by atoms with van der Waals surface area (Å²) in [4.78, 5) is 12.5. The van der Waals surface area contributed by atoms with Crippen molar-refractivity contribution in [2.24, 2.45) is 0 Å². The van der Waals surface area contributed by atoms with Gasteiger partial charge in [0.25, 0.3) is 5.91 Å². The lowest BCUT2D eigenvalue weighted by Crippen LogP contribution is -2.32. The number of amides is 1. The summed E-state index contributed by atoms with van der Waals surface area (Å²) in [5, 5.41) is 3.50. The van der Waals surface area contributed by atoms with E-state index in [1.807, 2.05) is 52.0 Å². The Morgan fingerprint density at radius 2 is 1.91 bits per heavy atom. The van der Waals surface area contributed by atoms with Gasteiger partial charge in [0.15, 0.2) is 6.10 Å². The first-order valence-corrected chi connectivity index (χ1v) is 8.10. The van der Waals surface area contributed by atoms with Crippen LogP contribution >= 0.6 is 11.6 Å². The number of carbonyl (C=O) groups excluding carboxylic acids is 1. The number of nitrogens with one attached hydrogen (secondary N) is 1. The Bertz CT molecular complexity index is 713. The molecule has 4 heteroatoms. The Morgan fingerprint density at radius 1 is 1.17 bits per heavy atom. The van der Waals surface area contributed by atoms with Gasteiger partial charge < -0.3 is 10.1 Å². The zero-order valence-corrected chi connectivity index (χ0v) is 14.7. The van der Waals surface area contributed by atoms with E-state index in [9.17, 15) is 4.79 Å². The second-order valence-corrected chi connectivity index (χ2v) is 6.10. The van der Waals surface area contributed by atoms with Crippen LogP contribution in [-0.4, -0.2) is 12.0 Å². The number of rotatable bonds is 5. The summed E-state index contributed by atoms with van der Waals surface area (Å²) in [5.41, 5.74) is 3.87. The van der Waals surface area contributed by atoms with Crippen molar-refractivity contribution in [2.75, 3.05) is 5.32 Å². The third-order valence-electron chi connectivity index (χ3n) is 3.94. The maximum Gasteiger partial charge on any atom is 0.265 e. The van der Waals surface area contributed by atoms with Crippen LogP contribution in [0.5, 0.6) is 5.75 Å². The average Bonchev–Trinajstić information content (AvgIpc) is 2.52. The van der Waals surface area contributed by atoms with E-state index in [2.05, 4.69) is 5.32 Å². The minimum absolute atomic E-state index is 0.168. The second kappa shape index (κ2) is 7.51. The quantitative estimate of drug-likeness (QED) is 0.831. The average molecular weight is 332 g/mol. The summed E-state index contributed by atoms with van der Waals surface area (Å²) in [6.07, 6.45) is 0.0348. The van der Waals surface area contributed by atoms with Crippen LogP contribution in [0.15, 0.2) is 36.4 Å². The van der Waals surface area contributed by atoms with E-state index in [0.717, 1.165) is 22.4 Å². The minimum Gasteiger partial charge on any atom is -0.480 e. The molecule has 0 aromatic heterocycles. The molecule has 0 radical (unpaired) electrons. The fourth-order valence-corrected chi connectivity index (χ4v) is 2.44. The largest absolute Gasteiger partial charge is 0.480 e. The van der Waals surface area contributed by atoms with Crippen molar-refractivity contribution in [3.8, 4) is 5.75 Å². The van der Waals surface area contributed by atoms with Crippen LogP contribution in [0.3, 0.4) is 0 Å². The van der Waals surface area contributed by atoms with Gasteiger partial charge in [0.2, 0.25) is 0 Å². The van der Waals surface area contributed by atoms with Crippen LogP contribution in [0, 0.1) is 20.8 Å². The molecule has 1 amide bonds. The molecular weight excluding hydrogens is 310 g/mol. The van der Waals surface area contributed by atoms with Crippen LogP contribution in [0.2, 0.25) is 5.02 Å². The van der Waals surface area contributed by atoms with E-state index in [4.69, 9.17) is 16.3 Å². The minimum atomic E-state index is -0.547. The molecule has 122 valence electrons. The molecule has 0 fully saturated rings. The van der Waals surface area contributed by atoms with E-state index in [1.165, 1.54) is 0 Å². The van der Waals surface area contributed by atoms with E-state index >= 15 is 0 Å². The fraction of sp³-hybridized carbons (Fsp3) is 0.316. The molecule has 3 nitrogen and oxygen atoms in total. The predicted molar refractivity (Wildman–Crippen MR) is 95.4 cm³/mol. The summed E-state index contributed by atoms with van der Waals surface area (Å²) in [6.45, 7) is 7.88. The van der Waals surface area contributed by atoms with E-state index < -0.39 is 6.10 Å². The Hall–Kier alpha value is -2.00. The number of hydrogen-bond donors (Lipinski definition) is 1. The molecule has 1 atom stereocenters. The van der Waals surface area contributed by atoms with Crippen LogP contribution < -0.4 is 10.1 Å². The van der Waals surface area contributed by atoms with Gasteiger partial charge in [-0.15, -0.1) is 0 Å². The zero-order valence-electron chi connectivity index (χ0n) is 13.9. The molecule has 23 heavy (non-hydrogen) atoms. The van der Waals surface area contributed by atoms with Crippen molar-refractivity contribution in [3.63, 3.8) is 0 Å². The lowest BCUT2D eigenvalue weighted by molar-refractivity contribution is -0.122. The van der Waals surface area contributed by atoms with E-state index in [-0.39, 0.29) is 5.91 Å². The molecule has 0 bridgehead atoms. The molecule has 0 aliphatic carbocycles. The molecule has 0 saturated carbocycles. The summed E-state index contributed by atoms with van der Waals surface area (Å²) < 4.78 is 5.93. The molecule has 0 unspecified atom stereocenters. The summed E-state index contributed by atoms with van der Waals surface area (Å²) in [5.74, 6) is 0.577. The predicted octanol–water partition coefficient (Wildman–Crippen LogP) is 5.06. The highest BCUT2D eigenvalue weighted by Gasteiger charge is 2.20. The number of ether oxygens (including phenoxy) is 1. The number of carbonyl (C=O) groups is 1. The van der Waals surface area contributed by atoms with Gasteiger partial charge in [-0.2, -0.15) is 0 Å². The van der Waals surface area contributed by atoms with Crippen molar-refractivity contribution in [2.45, 2.75) is 40.2 Å². The number of benzene rings is 2. The maximum absolute atomic E-state index is 12.5. The molecular formula is C19H22ClNO2. The molecule has 0 aliphatic rings. The number of anilines is 1. The second-order valence-electron chi connectivity index (χ2n) is 5.66. The number of aryl methyl sites for hydroxylation is 2. The van der Waals surface area contributed by atoms with Crippen molar-refractivity contribution in [1.82, 2.24) is 0 Å². The Balaban J connectivity index is 2.15. The topological polar surface area (TPSA) is 38.3 Å². The van der Waals surface area contributed by atoms with Gasteiger partial charge >= 0.3 is 0 Å². The SMILES string of the molecule is CC[C@H](Oc1cccc(C)c1C)C(=O)Nc1cc(Cl)ccc1C. The molecule has 0 heterocycles. The van der Waals surface area contributed by atoms with E-state index in [1.54, 1.807) is 12.1 Å². The summed E-state index contributed by atoms with van der Waals surface area (Å²) >= 11 is 6.00. The first-order chi connectivity index (χ1) is 10.9. The fourth-order valence-electron chi connectivity index (χ4n) is 2.27. The third kappa shape index (κ3) is 4.26. The Labute approximate surface area is 142 Å². The Morgan fingerprint density at radius 3 is 2.61 bits per heavy atom. The highest BCUT2D eigenvalue weighted by atomic mass is 35.5. The van der Waals surface area contributed by atoms with Crippen LogP contribution in [0.25, 0.3) is 0 Å². The highest BCUT2D eigenvalue weighted by Crippen LogP contribution is 2.24. The lowest BCUT2D eigenvalue weighted by atomic mass is 10.1. The molecule has 2 aromatic rings. The summed E-state index contributed by atoms with van der Waals surface area (Å²) in [7, 11) is 0. The lowest BCUT2D eigenvalue weighted by Gasteiger charge is -2.20. The zero-order chi connectivity index (χ0) is 17.0. The van der Waals surface area contributed by atoms with Gasteiger partial charge in [0, 0.05) is 10.7 Å². The number of halogens is 1. The maximum atomic E-state index is 12.5. The normalized spacial score (nSPS) is 11.9. The summed E-state index contributed by atoms with van der Waals surface area (Å²) in [6, 6.07) is 11.3. The van der Waals surface area contributed by atoms with Crippen LogP contribution in [0.4, 0.5) is 5.69 Å². The molecule has 0 aliphatic heterocycles. The van der Waals surface area contributed by atoms with Gasteiger partial charge in [-0.3, -0.25) is 4.79 Å². The van der Waals surface area contributed by atoms with Crippen LogP contribution in [0.1, 0.15) is 30.0 Å². The standard InChI is InChI=1S/C19H22ClNO2/c1-5-17(23-18-8-6-7-12(2)14(18)4)19(22)21-16-11-15(20)10-9-13(16)3/h6-11,17H,5H2,1-4H3,(H,21,22)/t17-/m0/s1. The molecule has 2 rings (SSSR count). The Kier molecular flexibility index (Phi) is 5.67. The third-order valence-corrected chi connectivity index (χ3v) is 4.18. The smallest absolute Gasteiger partial charge is 0.265 e. The first-order valence-electron chi connectivity index (χ1n) is 7.72. The molecule has 2 aromatic carbocycles. The van der Waals surface area contributed by atoms with Gasteiger partial charge in [-0.1, -0.05) is 36.7 Å². The van der Waals surface area contributed by atoms with Gasteiger partial charge in [-0.25, -0.2) is 0 Å². The first kappa shape index (κ1) is 17.4. The van der Waals surface area contributed by atoms with Crippen LogP contribution in [-0.2, 0) is 4.79 Å². The molecule has 0 saturated heterocycles. The highest BCUT2D eigenvalue weighted by molar-refractivity contribution is 6.31. The number of hydrogen-bond acceptors (Lipinski definition) is 2. The van der Waals surface area contributed by atoms with Gasteiger partial charge in [0.1, 0.15) is 5.75 Å². The van der Waals surface area contributed by atoms with Crippen molar-refractivity contribution >= 4 is 23.2 Å². The van der Waals surface area contributed by atoms with Gasteiger partial charge in [0.05, 0.1) is 0 Å². The molecule has 0 spiro atoms.